The zero-order valence-corrected chi connectivity index (χ0v) is 15.1. The predicted octanol–water partition coefficient (Wildman–Crippen LogP) is 2.31. The molecule has 26 heavy (non-hydrogen) atoms. The molecule has 1 amide bonds. The van der Waals surface area contributed by atoms with Crippen LogP contribution in [0.15, 0.2) is 48.7 Å². The zero-order chi connectivity index (χ0) is 18.7. The largest absolute Gasteiger partial charge is 0.618 e. The van der Waals surface area contributed by atoms with Gasteiger partial charge in [0.05, 0.1) is 16.3 Å². The van der Waals surface area contributed by atoms with Crippen LogP contribution in [0.3, 0.4) is 0 Å². The first kappa shape index (κ1) is 17.8. The Labute approximate surface area is 154 Å². The van der Waals surface area contributed by atoms with Crippen molar-refractivity contribution in [3.05, 3.63) is 64.6 Å². The fraction of sp³-hybridized carbons (Fsp3) is 0.222. The van der Waals surface area contributed by atoms with Crippen LogP contribution in [-0.4, -0.2) is 35.4 Å². The number of rotatable bonds is 5. The third-order valence-corrected chi connectivity index (χ3v) is 5.21. The summed E-state index contributed by atoms with van der Waals surface area (Å²) in [4.78, 5) is 30.3. The van der Waals surface area contributed by atoms with Crippen molar-refractivity contribution in [2.45, 2.75) is 13.0 Å². The van der Waals surface area contributed by atoms with Crippen LogP contribution >= 0.6 is 11.3 Å². The molecule has 0 aliphatic carbocycles. The first-order valence-electron chi connectivity index (χ1n) is 7.94. The Morgan fingerprint density at radius 2 is 2.00 bits per heavy atom. The summed E-state index contributed by atoms with van der Waals surface area (Å²) >= 11 is 1.52. The molecule has 3 aromatic rings. The molecule has 0 bridgehead atoms. The van der Waals surface area contributed by atoms with Gasteiger partial charge >= 0.3 is 11.7 Å². The number of likely N-dealkylation sites (N-methyl/N-ethyl adjacent to an activating group) is 1. The van der Waals surface area contributed by atoms with Gasteiger partial charge in [-0.15, -0.1) is 11.3 Å². The number of amides is 1. The van der Waals surface area contributed by atoms with Crippen LogP contribution in [0.2, 0.25) is 0 Å². The fourth-order valence-corrected chi connectivity index (χ4v) is 3.40. The summed E-state index contributed by atoms with van der Waals surface area (Å²) in [6, 6.07) is 11.9. The quantitative estimate of drug-likeness (QED) is 0.390. The lowest BCUT2D eigenvalue weighted by atomic mass is 10.3. The Morgan fingerprint density at radius 1 is 1.27 bits per heavy atom. The molecule has 3 rings (SSSR count). The Hall–Kier alpha value is -3.00. The number of nitrogens with zero attached hydrogens (tertiary/aromatic N) is 3. The van der Waals surface area contributed by atoms with E-state index in [9.17, 15) is 14.8 Å². The number of aromatic nitrogens is 2. The van der Waals surface area contributed by atoms with Gasteiger partial charge in [0.1, 0.15) is 5.01 Å². The van der Waals surface area contributed by atoms with Crippen molar-refractivity contribution in [2.75, 3.05) is 13.7 Å². The van der Waals surface area contributed by atoms with Crippen LogP contribution in [0.25, 0.3) is 10.2 Å². The molecular weight excluding hydrogens is 354 g/mol. The Morgan fingerprint density at radius 3 is 2.73 bits per heavy atom. The van der Waals surface area contributed by atoms with Crippen LogP contribution in [0.4, 0.5) is 0 Å². The van der Waals surface area contributed by atoms with Crippen LogP contribution < -0.4 is 4.73 Å². The number of carbonyl (C=O) groups is 2. The highest BCUT2D eigenvalue weighted by Gasteiger charge is 2.23. The van der Waals surface area contributed by atoms with Gasteiger partial charge in [-0.3, -0.25) is 4.79 Å². The summed E-state index contributed by atoms with van der Waals surface area (Å²) in [5.41, 5.74) is 0.720. The lowest BCUT2D eigenvalue weighted by Crippen LogP contribution is -2.37. The lowest BCUT2D eigenvalue weighted by molar-refractivity contribution is -0.608. The van der Waals surface area contributed by atoms with Crippen molar-refractivity contribution < 1.29 is 19.1 Å². The van der Waals surface area contributed by atoms with Crippen molar-refractivity contribution in [1.82, 2.24) is 9.88 Å². The summed E-state index contributed by atoms with van der Waals surface area (Å²) in [5.74, 6) is -1.21. The third-order valence-electron chi connectivity index (χ3n) is 4.00. The Bertz CT molecular complexity index is 923. The van der Waals surface area contributed by atoms with Crippen LogP contribution in [-0.2, 0) is 9.53 Å². The number of fused-ring (bicyclic) bond motifs is 1. The lowest BCUT2D eigenvalue weighted by Gasteiger charge is -2.22. The maximum atomic E-state index is 12.3. The molecule has 0 saturated heterocycles. The molecule has 0 spiro atoms. The van der Waals surface area contributed by atoms with Crippen molar-refractivity contribution in [2.24, 2.45) is 0 Å². The van der Waals surface area contributed by atoms with E-state index in [0.29, 0.717) is 4.73 Å². The molecular formula is C18H17N3O4S. The molecule has 1 aromatic carbocycles. The molecule has 2 heterocycles. The number of carbonyl (C=O) groups excluding carboxylic acids is 2. The molecule has 0 aliphatic rings. The van der Waals surface area contributed by atoms with Gasteiger partial charge in [0.25, 0.3) is 5.91 Å². The third kappa shape index (κ3) is 3.65. The summed E-state index contributed by atoms with van der Waals surface area (Å²) in [7, 11) is 1.63. The average molecular weight is 371 g/mol. The highest BCUT2D eigenvalue weighted by atomic mass is 32.1. The number of ether oxygens (including phenoxy) is 1. The number of pyridine rings is 1. The van der Waals surface area contributed by atoms with E-state index in [2.05, 4.69) is 4.98 Å². The second-order valence-electron chi connectivity index (χ2n) is 5.69. The first-order chi connectivity index (χ1) is 12.5. The minimum absolute atomic E-state index is 0.165. The van der Waals surface area contributed by atoms with E-state index in [1.807, 2.05) is 31.2 Å². The molecule has 0 saturated carbocycles. The Balaban J connectivity index is 1.63. The summed E-state index contributed by atoms with van der Waals surface area (Å²) in [5, 5.41) is 12.3. The molecule has 1 atom stereocenters. The molecule has 0 fully saturated rings. The zero-order valence-electron chi connectivity index (χ0n) is 14.3. The first-order valence-corrected chi connectivity index (χ1v) is 8.75. The Kier molecular flexibility index (Phi) is 5.13. The predicted molar refractivity (Wildman–Crippen MR) is 96.5 cm³/mol. The molecule has 0 aliphatic heterocycles. The smallest absolute Gasteiger partial charge is 0.405 e. The monoisotopic (exact) mass is 371 g/mol. The highest BCUT2D eigenvalue weighted by molar-refractivity contribution is 7.18. The maximum Gasteiger partial charge on any atom is 0.405 e. The minimum Gasteiger partial charge on any atom is -0.618 e. The van der Waals surface area contributed by atoms with Crippen LogP contribution in [0, 0.1) is 5.21 Å². The molecule has 7 nitrogen and oxygen atoms in total. The fourth-order valence-electron chi connectivity index (χ4n) is 2.34. The van der Waals surface area contributed by atoms with E-state index in [4.69, 9.17) is 4.74 Å². The minimum atomic E-state index is -0.838. The molecule has 0 unspecified atom stereocenters. The van der Waals surface area contributed by atoms with Crippen molar-refractivity contribution in [3.63, 3.8) is 0 Å². The average Bonchev–Trinajstić information content (AvgIpc) is 3.09. The van der Waals surface area contributed by atoms with E-state index in [1.165, 1.54) is 34.6 Å². The number of thiazole rings is 1. The van der Waals surface area contributed by atoms with Crippen molar-refractivity contribution >= 4 is 33.4 Å². The number of hydrogen-bond donors (Lipinski definition) is 0. The standard InChI is InChI=1S/C18H17N3O4S/c1-12(17-19-13-7-3-4-9-15(13)26-17)20(2)16(22)11-25-18(23)14-8-5-6-10-21(14)24/h3-10,12H,11H2,1-2H3/t12-/m0/s1. The van der Waals surface area contributed by atoms with Gasteiger partial charge in [-0.1, -0.05) is 12.1 Å². The topological polar surface area (TPSA) is 86.4 Å². The van der Waals surface area contributed by atoms with E-state index in [1.54, 1.807) is 13.1 Å². The number of hydrogen-bond acceptors (Lipinski definition) is 6. The normalized spacial score (nSPS) is 11.9. The molecule has 0 N–H and O–H groups in total. The van der Waals surface area contributed by atoms with Gasteiger partial charge in [0.2, 0.25) is 0 Å². The van der Waals surface area contributed by atoms with Crippen LogP contribution in [0.1, 0.15) is 28.5 Å². The van der Waals surface area contributed by atoms with Crippen molar-refractivity contribution in [3.8, 4) is 0 Å². The summed E-state index contributed by atoms with van der Waals surface area (Å²) < 4.78 is 6.42. The SMILES string of the molecule is C[C@@H](c1nc2ccccc2s1)N(C)C(=O)COC(=O)c1cccc[n+]1[O-]. The van der Waals surface area contributed by atoms with Gasteiger partial charge < -0.3 is 14.8 Å². The highest BCUT2D eigenvalue weighted by Crippen LogP contribution is 2.28. The van der Waals surface area contributed by atoms with E-state index < -0.39 is 12.6 Å². The van der Waals surface area contributed by atoms with E-state index in [-0.39, 0.29) is 17.6 Å². The van der Waals surface area contributed by atoms with Crippen LogP contribution in [0.5, 0.6) is 0 Å². The molecule has 0 radical (unpaired) electrons. The van der Waals surface area contributed by atoms with Gasteiger partial charge in [-0.05, 0) is 25.1 Å². The number of benzene rings is 1. The maximum absolute atomic E-state index is 12.3. The molecule has 134 valence electrons. The molecule has 8 heteroatoms. The van der Waals surface area contributed by atoms with E-state index >= 15 is 0 Å². The van der Waals surface area contributed by atoms with E-state index in [0.717, 1.165) is 15.2 Å². The summed E-state index contributed by atoms with van der Waals surface area (Å²) in [6.07, 6.45) is 1.19. The number of esters is 1. The van der Waals surface area contributed by atoms with Gasteiger partial charge in [-0.2, -0.15) is 4.73 Å². The second kappa shape index (κ2) is 7.49. The summed E-state index contributed by atoms with van der Waals surface area (Å²) in [6.45, 7) is 1.42. The van der Waals surface area contributed by atoms with Gasteiger partial charge in [0, 0.05) is 19.2 Å². The molecule has 2 aromatic heterocycles. The number of para-hydroxylation sites is 1. The van der Waals surface area contributed by atoms with Gasteiger partial charge in [-0.25, -0.2) is 9.78 Å². The second-order valence-corrected chi connectivity index (χ2v) is 6.75. The van der Waals surface area contributed by atoms with Crippen molar-refractivity contribution in [1.29, 1.82) is 0 Å². The van der Waals surface area contributed by atoms with Gasteiger partial charge in [0.15, 0.2) is 12.8 Å².